The molecule has 96 valence electrons. The molecule has 0 amide bonds. The first-order valence-corrected chi connectivity index (χ1v) is 7.90. The van der Waals surface area contributed by atoms with Gasteiger partial charge >= 0.3 is 0 Å². The van der Waals surface area contributed by atoms with E-state index in [0.717, 1.165) is 16.0 Å². The zero-order chi connectivity index (χ0) is 13.2. The van der Waals surface area contributed by atoms with E-state index in [-0.39, 0.29) is 6.04 Å². The molecule has 3 rings (SSSR count). The van der Waals surface area contributed by atoms with Gasteiger partial charge in [0, 0.05) is 3.57 Å². The lowest BCUT2D eigenvalue weighted by Crippen LogP contribution is -2.09. The van der Waals surface area contributed by atoms with Crippen molar-refractivity contribution in [1.29, 1.82) is 0 Å². The van der Waals surface area contributed by atoms with E-state index in [0.29, 0.717) is 0 Å². The maximum absolute atomic E-state index is 4.36. The van der Waals surface area contributed by atoms with Crippen LogP contribution in [0.2, 0.25) is 0 Å². The minimum Gasteiger partial charge on any atom is -0.362 e. The predicted octanol–water partition coefficient (Wildman–Crippen LogP) is 4.47. The number of hydrogen-bond donors (Lipinski definition) is 1. The lowest BCUT2D eigenvalue weighted by molar-refractivity contribution is 0.870. The zero-order valence-electron chi connectivity index (χ0n) is 10.3. The Morgan fingerprint density at radius 3 is 2.89 bits per heavy atom. The molecule has 3 nitrogen and oxygen atoms in total. The number of fused-ring (bicyclic) bond motifs is 1. The van der Waals surface area contributed by atoms with E-state index in [4.69, 9.17) is 0 Å². The molecule has 0 aliphatic carbocycles. The van der Waals surface area contributed by atoms with Gasteiger partial charge in [-0.2, -0.15) is 0 Å². The first-order valence-electron chi connectivity index (χ1n) is 5.95. The molecule has 1 atom stereocenters. The van der Waals surface area contributed by atoms with Crippen LogP contribution < -0.4 is 5.32 Å². The van der Waals surface area contributed by atoms with E-state index in [1.807, 2.05) is 11.4 Å². The minimum atomic E-state index is 0.216. The second-order valence-electron chi connectivity index (χ2n) is 4.24. The summed E-state index contributed by atoms with van der Waals surface area (Å²) in [6, 6.07) is 10.6. The van der Waals surface area contributed by atoms with E-state index in [2.05, 4.69) is 69.1 Å². The van der Waals surface area contributed by atoms with E-state index >= 15 is 0 Å². The molecule has 0 fully saturated rings. The molecule has 5 heteroatoms. The summed E-state index contributed by atoms with van der Waals surface area (Å²) in [4.78, 5) is 8.62. The molecule has 1 N–H and O–H groups in total. The summed E-state index contributed by atoms with van der Waals surface area (Å²) in [5.74, 6) is 0.909. The monoisotopic (exact) mass is 381 g/mol. The van der Waals surface area contributed by atoms with Crippen molar-refractivity contribution < 1.29 is 0 Å². The zero-order valence-corrected chi connectivity index (χ0v) is 13.3. The Morgan fingerprint density at radius 2 is 2.05 bits per heavy atom. The molecule has 0 saturated heterocycles. The number of halogens is 1. The minimum absolute atomic E-state index is 0.216. The number of nitrogens with zero attached hydrogens (tertiary/aromatic N) is 2. The second kappa shape index (κ2) is 5.42. The summed E-state index contributed by atoms with van der Waals surface area (Å²) in [7, 11) is 0. The van der Waals surface area contributed by atoms with Gasteiger partial charge in [-0.3, -0.25) is 0 Å². The molecular formula is C14H12IN3S. The summed E-state index contributed by atoms with van der Waals surface area (Å²) in [5, 5.41) is 5.53. The fourth-order valence-corrected chi connectivity index (χ4v) is 3.65. The van der Waals surface area contributed by atoms with Crippen molar-refractivity contribution in [3.8, 4) is 0 Å². The Bertz CT molecular complexity index is 710. The molecule has 0 saturated carbocycles. The number of nitrogens with one attached hydrogen (secondary N) is 1. The number of benzene rings is 1. The Balaban J connectivity index is 1.93. The van der Waals surface area contributed by atoms with Crippen LogP contribution in [0.15, 0.2) is 42.0 Å². The molecule has 0 aliphatic rings. The molecule has 0 radical (unpaired) electrons. The number of rotatable bonds is 3. The van der Waals surface area contributed by atoms with Gasteiger partial charge in [0.15, 0.2) is 0 Å². The third-order valence-electron chi connectivity index (χ3n) is 2.97. The average molecular weight is 381 g/mol. The standard InChI is InChI=1S/C14H12IN3S/c1-9(10-4-2-3-5-11(10)15)18-14-13-12(6-7-19-13)16-8-17-14/h2-9H,1H3,(H,16,17,18). The van der Waals surface area contributed by atoms with Gasteiger partial charge < -0.3 is 5.32 Å². The van der Waals surface area contributed by atoms with Crippen LogP contribution in [-0.2, 0) is 0 Å². The predicted molar refractivity (Wildman–Crippen MR) is 88.6 cm³/mol. The van der Waals surface area contributed by atoms with Gasteiger partial charge in [0.2, 0.25) is 0 Å². The molecule has 19 heavy (non-hydrogen) atoms. The van der Waals surface area contributed by atoms with Crippen molar-refractivity contribution in [2.24, 2.45) is 0 Å². The molecule has 0 bridgehead atoms. The van der Waals surface area contributed by atoms with Crippen LogP contribution >= 0.6 is 33.9 Å². The fourth-order valence-electron chi connectivity index (χ4n) is 2.00. The van der Waals surface area contributed by atoms with Crippen LogP contribution in [0.25, 0.3) is 10.2 Å². The number of hydrogen-bond acceptors (Lipinski definition) is 4. The van der Waals surface area contributed by atoms with Gasteiger partial charge in [-0.15, -0.1) is 11.3 Å². The maximum Gasteiger partial charge on any atom is 0.147 e. The number of aromatic nitrogens is 2. The first-order chi connectivity index (χ1) is 9.25. The summed E-state index contributed by atoms with van der Waals surface area (Å²) in [5.41, 5.74) is 2.28. The summed E-state index contributed by atoms with van der Waals surface area (Å²) < 4.78 is 2.37. The smallest absolute Gasteiger partial charge is 0.147 e. The van der Waals surface area contributed by atoms with Crippen LogP contribution in [0.5, 0.6) is 0 Å². The molecule has 3 aromatic rings. The first kappa shape index (κ1) is 12.8. The quantitative estimate of drug-likeness (QED) is 0.681. The van der Waals surface area contributed by atoms with Crippen molar-refractivity contribution in [2.75, 3.05) is 5.32 Å². The van der Waals surface area contributed by atoms with Crippen LogP contribution in [0.4, 0.5) is 5.82 Å². The lowest BCUT2D eigenvalue weighted by atomic mass is 10.1. The van der Waals surface area contributed by atoms with Crippen LogP contribution in [0.1, 0.15) is 18.5 Å². The van der Waals surface area contributed by atoms with Crippen LogP contribution in [0.3, 0.4) is 0 Å². The van der Waals surface area contributed by atoms with Gasteiger partial charge in [-0.1, -0.05) is 18.2 Å². The van der Waals surface area contributed by atoms with Crippen molar-refractivity contribution in [3.63, 3.8) is 0 Å². The van der Waals surface area contributed by atoms with Crippen molar-refractivity contribution in [1.82, 2.24) is 9.97 Å². The van der Waals surface area contributed by atoms with Gasteiger partial charge in [-0.25, -0.2) is 9.97 Å². The molecule has 2 heterocycles. The molecule has 1 aromatic carbocycles. The van der Waals surface area contributed by atoms with Gasteiger partial charge in [0.05, 0.1) is 16.3 Å². The molecule has 2 aromatic heterocycles. The molecule has 1 unspecified atom stereocenters. The SMILES string of the molecule is CC(Nc1ncnc2ccsc12)c1ccccc1I. The van der Waals surface area contributed by atoms with E-state index in [9.17, 15) is 0 Å². The topological polar surface area (TPSA) is 37.8 Å². The lowest BCUT2D eigenvalue weighted by Gasteiger charge is -2.16. The fraction of sp³-hybridized carbons (Fsp3) is 0.143. The average Bonchev–Trinajstić information content (AvgIpc) is 2.88. The Morgan fingerprint density at radius 1 is 1.21 bits per heavy atom. The van der Waals surface area contributed by atoms with Crippen molar-refractivity contribution in [2.45, 2.75) is 13.0 Å². The Kier molecular flexibility index (Phi) is 3.65. The summed E-state index contributed by atoms with van der Waals surface area (Å²) in [6.07, 6.45) is 1.61. The third kappa shape index (κ3) is 2.57. The molecular weight excluding hydrogens is 369 g/mol. The molecule has 0 spiro atoms. The Hall–Kier alpha value is -1.21. The highest BCUT2D eigenvalue weighted by Gasteiger charge is 2.11. The largest absolute Gasteiger partial charge is 0.362 e. The van der Waals surface area contributed by atoms with Gasteiger partial charge in [-0.05, 0) is 52.6 Å². The normalized spacial score (nSPS) is 12.5. The van der Waals surface area contributed by atoms with Crippen LogP contribution in [-0.4, -0.2) is 9.97 Å². The van der Waals surface area contributed by atoms with Crippen molar-refractivity contribution in [3.05, 3.63) is 51.2 Å². The molecule has 0 aliphatic heterocycles. The highest BCUT2D eigenvalue weighted by molar-refractivity contribution is 14.1. The second-order valence-corrected chi connectivity index (χ2v) is 6.32. The summed E-state index contributed by atoms with van der Waals surface area (Å²) in [6.45, 7) is 2.15. The van der Waals surface area contributed by atoms with E-state index in [1.165, 1.54) is 9.13 Å². The number of anilines is 1. The Labute approximate surface area is 129 Å². The van der Waals surface area contributed by atoms with Gasteiger partial charge in [0.1, 0.15) is 12.1 Å². The van der Waals surface area contributed by atoms with Gasteiger partial charge in [0.25, 0.3) is 0 Å². The maximum atomic E-state index is 4.36. The highest BCUT2D eigenvalue weighted by atomic mass is 127. The highest BCUT2D eigenvalue weighted by Crippen LogP contribution is 2.29. The van der Waals surface area contributed by atoms with Crippen LogP contribution in [0, 0.1) is 3.57 Å². The van der Waals surface area contributed by atoms with E-state index in [1.54, 1.807) is 17.7 Å². The van der Waals surface area contributed by atoms with E-state index < -0.39 is 0 Å². The number of thiophene rings is 1. The van der Waals surface area contributed by atoms with Crippen molar-refractivity contribution >= 4 is 50.0 Å². The summed E-state index contributed by atoms with van der Waals surface area (Å²) >= 11 is 4.03. The third-order valence-corrected chi connectivity index (χ3v) is 4.86.